The van der Waals surface area contributed by atoms with Gasteiger partial charge in [-0.25, -0.2) is 4.98 Å². The molecule has 26 heavy (non-hydrogen) atoms. The number of hydrogen-bond donors (Lipinski definition) is 0. The molecular formula is C20H18N4OS. The van der Waals surface area contributed by atoms with Gasteiger partial charge in [0.05, 0.1) is 27.2 Å². The van der Waals surface area contributed by atoms with Crippen molar-refractivity contribution in [3.63, 3.8) is 0 Å². The van der Waals surface area contributed by atoms with Crippen LogP contribution in [-0.4, -0.2) is 27.7 Å². The van der Waals surface area contributed by atoms with Crippen LogP contribution in [0.4, 0.5) is 5.69 Å². The van der Waals surface area contributed by atoms with E-state index in [1.54, 1.807) is 28.0 Å². The highest BCUT2D eigenvalue weighted by Gasteiger charge is 2.22. The molecule has 0 unspecified atom stereocenters. The Bertz CT molecular complexity index is 1080. The topological polar surface area (TPSA) is 51.0 Å². The highest BCUT2D eigenvalue weighted by Crippen LogP contribution is 2.30. The molecule has 0 aliphatic heterocycles. The fraction of sp³-hybridized carbons (Fsp3) is 0.150. The van der Waals surface area contributed by atoms with Gasteiger partial charge in [-0.05, 0) is 36.6 Å². The first-order valence-corrected chi connectivity index (χ1v) is 9.15. The molecule has 0 fully saturated rings. The van der Waals surface area contributed by atoms with Crippen LogP contribution in [0.25, 0.3) is 21.6 Å². The van der Waals surface area contributed by atoms with Gasteiger partial charge in [0.15, 0.2) is 5.65 Å². The van der Waals surface area contributed by atoms with Crippen molar-refractivity contribution < 1.29 is 4.79 Å². The van der Waals surface area contributed by atoms with Crippen LogP contribution in [0.3, 0.4) is 0 Å². The summed E-state index contributed by atoms with van der Waals surface area (Å²) in [5.74, 6) is -0.0718. The van der Waals surface area contributed by atoms with Gasteiger partial charge in [-0.3, -0.25) is 9.48 Å². The summed E-state index contributed by atoms with van der Waals surface area (Å²) >= 11 is 1.61. The minimum atomic E-state index is -0.0718. The van der Waals surface area contributed by atoms with Crippen molar-refractivity contribution in [1.82, 2.24) is 14.8 Å². The largest absolute Gasteiger partial charge is 0.311 e. The van der Waals surface area contributed by atoms with Crippen molar-refractivity contribution >= 4 is 34.0 Å². The molecule has 130 valence electrons. The molecule has 0 atom stereocenters. The average molecular weight is 362 g/mol. The molecule has 4 rings (SSSR count). The summed E-state index contributed by atoms with van der Waals surface area (Å²) in [6.07, 6.45) is 0. The molecule has 0 saturated heterocycles. The Kier molecular flexibility index (Phi) is 4.05. The highest BCUT2D eigenvalue weighted by molar-refractivity contribution is 7.13. The molecule has 0 N–H and O–H groups in total. The molecule has 0 spiro atoms. The SMILES string of the molecule is Cc1nn(C)c2nc(-c3cccs3)cc(C(=O)N(C)c3ccccc3)c12. The summed E-state index contributed by atoms with van der Waals surface area (Å²) in [6, 6.07) is 15.5. The lowest BCUT2D eigenvalue weighted by Gasteiger charge is -2.18. The predicted molar refractivity (Wildman–Crippen MR) is 106 cm³/mol. The lowest BCUT2D eigenvalue weighted by atomic mass is 10.1. The Morgan fingerprint density at radius 2 is 1.92 bits per heavy atom. The van der Waals surface area contributed by atoms with E-state index in [1.165, 1.54) is 0 Å². The molecule has 0 saturated carbocycles. The lowest BCUT2D eigenvalue weighted by molar-refractivity contribution is 0.0994. The summed E-state index contributed by atoms with van der Waals surface area (Å²) in [5, 5.41) is 7.29. The Hall–Kier alpha value is -2.99. The molecule has 1 amide bonds. The first kappa shape index (κ1) is 16.5. The number of benzene rings is 1. The number of aromatic nitrogens is 3. The molecule has 0 aliphatic carbocycles. The maximum atomic E-state index is 13.3. The molecular weight excluding hydrogens is 344 g/mol. The van der Waals surface area contributed by atoms with Crippen LogP contribution in [0.15, 0.2) is 53.9 Å². The Balaban J connectivity index is 1.91. The van der Waals surface area contributed by atoms with E-state index in [1.807, 2.05) is 67.9 Å². The van der Waals surface area contributed by atoms with Gasteiger partial charge in [0, 0.05) is 19.8 Å². The summed E-state index contributed by atoms with van der Waals surface area (Å²) in [4.78, 5) is 20.8. The Labute approximate surface area is 155 Å². The van der Waals surface area contributed by atoms with Crippen molar-refractivity contribution in [3.8, 4) is 10.6 Å². The number of hydrogen-bond acceptors (Lipinski definition) is 4. The fourth-order valence-electron chi connectivity index (χ4n) is 3.11. The van der Waals surface area contributed by atoms with Gasteiger partial charge in [0.25, 0.3) is 5.91 Å². The van der Waals surface area contributed by atoms with Crippen LogP contribution in [0.1, 0.15) is 16.1 Å². The number of carbonyl (C=O) groups is 1. The summed E-state index contributed by atoms with van der Waals surface area (Å²) in [7, 11) is 3.65. The Morgan fingerprint density at radius 1 is 1.15 bits per heavy atom. The zero-order valence-corrected chi connectivity index (χ0v) is 15.6. The summed E-state index contributed by atoms with van der Waals surface area (Å²) in [6.45, 7) is 1.91. The second-order valence-electron chi connectivity index (χ2n) is 6.14. The summed E-state index contributed by atoms with van der Waals surface area (Å²) < 4.78 is 1.74. The maximum Gasteiger partial charge on any atom is 0.258 e. The maximum absolute atomic E-state index is 13.3. The minimum Gasteiger partial charge on any atom is -0.311 e. The van der Waals surface area contributed by atoms with Gasteiger partial charge in [0.1, 0.15) is 0 Å². The van der Waals surface area contributed by atoms with Gasteiger partial charge in [-0.1, -0.05) is 24.3 Å². The van der Waals surface area contributed by atoms with Crippen LogP contribution >= 0.6 is 11.3 Å². The molecule has 3 aromatic heterocycles. The van der Waals surface area contributed by atoms with E-state index in [2.05, 4.69) is 5.10 Å². The van der Waals surface area contributed by atoms with Crippen molar-refractivity contribution in [1.29, 1.82) is 0 Å². The summed E-state index contributed by atoms with van der Waals surface area (Å²) in [5.41, 5.74) is 3.79. The number of fused-ring (bicyclic) bond motifs is 1. The second kappa shape index (κ2) is 6.38. The van der Waals surface area contributed by atoms with E-state index in [9.17, 15) is 4.79 Å². The van der Waals surface area contributed by atoms with Crippen LogP contribution in [-0.2, 0) is 7.05 Å². The number of thiophene rings is 1. The van der Waals surface area contributed by atoms with Crippen LogP contribution in [0, 0.1) is 6.92 Å². The van der Waals surface area contributed by atoms with Crippen LogP contribution in [0.2, 0.25) is 0 Å². The van der Waals surface area contributed by atoms with Crippen molar-refractivity contribution in [2.75, 3.05) is 11.9 Å². The zero-order valence-electron chi connectivity index (χ0n) is 14.8. The third-order valence-electron chi connectivity index (χ3n) is 4.42. The van der Waals surface area contributed by atoms with Crippen LogP contribution < -0.4 is 4.90 Å². The molecule has 1 aromatic carbocycles. The van der Waals surface area contributed by atoms with E-state index in [4.69, 9.17) is 4.98 Å². The van der Waals surface area contributed by atoms with Gasteiger partial charge < -0.3 is 4.90 Å². The number of carbonyl (C=O) groups excluding carboxylic acids is 1. The normalized spacial score (nSPS) is 11.0. The second-order valence-corrected chi connectivity index (χ2v) is 7.09. The molecule has 3 heterocycles. The van der Waals surface area contributed by atoms with Gasteiger partial charge >= 0.3 is 0 Å². The number of amides is 1. The number of para-hydroxylation sites is 1. The van der Waals surface area contributed by atoms with E-state index >= 15 is 0 Å². The number of anilines is 1. The number of rotatable bonds is 3. The van der Waals surface area contributed by atoms with E-state index < -0.39 is 0 Å². The van der Waals surface area contributed by atoms with Crippen LogP contribution in [0.5, 0.6) is 0 Å². The van der Waals surface area contributed by atoms with Gasteiger partial charge in [0.2, 0.25) is 0 Å². The predicted octanol–water partition coefficient (Wildman–Crippen LogP) is 4.28. The van der Waals surface area contributed by atoms with E-state index in [0.29, 0.717) is 5.56 Å². The smallest absolute Gasteiger partial charge is 0.258 e. The third kappa shape index (κ3) is 2.68. The van der Waals surface area contributed by atoms with Gasteiger partial charge in [-0.15, -0.1) is 11.3 Å². The number of aryl methyl sites for hydroxylation is 2. The minimum absolute atomic E-state index is 0.0718. The highest BCUT2D eigenvalue weighted by atomic mass is 32.1. The zero-order chi connectivity index (χ0) is 18.3. The molecule has 4 aromatic rings. The molecule has 5 nitrogen and oxygen atoms in total. The fourth-order valence-corrected chi connectivity index (χ4v) is 3.80. The first-order valence-electron chi connectivity index (χ1n) is 8.27. The molecule has 6 heteroatoms. The van der Waals surface area contributed by atoms with E-state index in [-0.39, 0.29) is 5.91 Å². The first-order chi connectivity index (χ1) is 12.6. The third-order valence-corrected chi connectivity index (χ3v) is 5.31. The van der Waals surface area contributed by atoms with Crippen molar-refractivity contribution in [3.05, 3.63) is 65.2 Å². The molecule has 0 bridgehead atoms. The van der Waals surface area contributed by atoms with Crippen molar-refractivity contribution in [2.24, 2.45) is 7.05 Å². The average Bonchev–Trinajstić information content (AvgIpc) is 3.29. The Morgan fingerprint density at radius 3 is 2.62 bits per heavy atom. The monoisotopic (exact) mass is 362 g/mol. The van der Waals surface area contributed by atoms with E-state index in [0.717, 1.165) is 33.0 Å². The number of nitrogens with zero attached hydrogens (tertiary/aromatic N) is 4. The number of pyridine rings is 1. The standard InChI is InChI=1S/C20H18N4OS/c1-13-18-15(20(25)23(2)14-8-5-4-6-9-14)12-16(17-10-7-11-26-17)21-19(18)24(3)22-13/h4-12H,1-3H3. The van der Waals surface area contributed by atoms with Crippen molar-refractivity contribution in [2.45, 2.75) is 6.92 Å². The quantitative estimate of drug-likeness (QED) is 0.546. The molecule has 0 aliphatic rings. The lowest BCUT2D eigenvalue weighted by Crippen LogP contribution is -2.26. The molecule has 0 radical (unpaired) electrons. The van der Waals surface area contributed by atoms with Gasteiger partial charge in [-0.2, -0.15) is 5.10 Å².